The van der Waals surface area contributed by atoms with Crippen LogP contribution in [0.1, 0.15) is 12.5 Å². The predicted octanol–water partition coefficient (Wildman–Crippen LogP) is 3.89. The SMILES string of the molecule is CCOc1ccc(NC(=O)N/N=C/c2ccccc2Cl)cc1. The van der Waals surface area contributed by atoms with Gasteiger partial charge < -0.3 is 10.1 Å². The molecule has 0 bridgehead atoms. The quantitative estimate of drug-likeness (QED) is 0.649. The number of benzene rings is 2. The van der Waals surface area contributed by atoms with Crippen molar-refractivity contribution in [1.29, 1.82) is 0 Å². The fraction of sp³-hybridized carbons (Fsp3) is 0.125. The summed E-state index contributed by atoms with van der Waals surface area (Å²) in [5.41, 5.74) is 3.75. The summed E-state index contributed by atoms with van der Waals surface area (Å²) in [6.45, 7) is 2.51. The maximum Gasteiger partial charge on any atom is 0.339 e. The number of nitrogens with zero attached hydrogens (tertiary/aromatic N) is 1. The van der Waals surface area contributed by atoms with E-state index in [2.05, 4.69) is 15.8 Å². The first-order valence-electron chi connectivity index (χ1n) is 6.76. The fourth-order valence-electron chi connectivity index (χ4n) is 1.70. The number of urea groups is 1. The third-order valence-corrected chi connectivity index (χ3v) is 3.04. The van der Waals surface area contributed by atoms with E-state index in [4.69, 9.17) is 16.3 Å². The van der Waals surface area contributed by atoms with E-state index in [0.717, 1.165) is 11.3 Å². The third kappa shape index (κ3) is 4.79. The van der Waals surface area contributed by atoms with Crippen molar-refractivity contribution in [3.8, 4) is 5.75 Å². The minimum atomic E-state index is -0.438. The smallest absolute Gasteiger partial charge is 0.339 e. The van der Waals surface area contributed by atoms with E-state index in [1.165, 1.54) is 6.21 Å². The molecule has 0 aliphatic heterocycles. The first-order chi connectivity index (χ1) is 10.7. The highest BCUT2D eigenvalue weighted by atomic mass is 35.5. The van der Waals surface area contributed by atoms with Crippen LogP contribution in [0.2, 0.25) is 5.02 Å². The highest BCUT2D eigenvalue weighted by Gasteiger charge is 2.01. The number of ether oxygens (including phenoxy) is 1. The summed E-state index contributed by atoms with van der Waals surface area (Å²) in [5, 5.41) is 7.08. The Labute approximate surface area is 133 Å². The minimum Gasteiger partial charge on any atom is -0.494 e. The molecule has 2 amide bonds. The number of hydrogen-bond donors (Lipinski definition) is 2. The standard InChI is InChI=1S/C16H16ClN3O2/c1-2-22-14-9-7-13(8-10-14)19-16(21)20-18-11-12-5-3-4-6-15(12)17/h3-11H,2H2,1H3,(H2,19,20,21)/b18-11+. The highest BCUT2D eigenvalue weighted by molar-refractivity contribution is 6.33. The van der Waals surface area contributed by atoms with Gasteiger partial charge in [-0.2, -0.15) is 5.10 Å². The molecular formula is C16H16ClN3O2. The van der Waals surface area contributed by atoms with Gasteiger partial charge in [0.2, 0.25) is 0 Å². The van der Waals surface area contributed by atoms with Crippen LogP contribution < -0.4 is 15.5 Å². The van der Waals surface area contributed by atoms with Crippen molar-refractivity contribution in [1.82, 2.24) is 5.43 Å². The van der Waals surface area contributed by atoms with Gasteiger partial charge in [0.15, 0.2) is 0 Å². The number of carbonyl (C=O) groups is 1. The molecule has 2 rings (SSSR count). The molecule has 5 nitrogen and oxygen atoms in total. The average molecular weight is 318 g/mol. The number of hydrogen-bond acceptors (Lipinski definition) is 3. The molecule has 0 aliphatic rings. The Kier molecular flexibility index (Phi) is 5.80. The Morgan fingerprint density at radius 2 is 1.95 bits per heavy atom. The lowest BCUT2D eigenvalue weighted by Crippen LogP contribution is -2.24. The molecule has 0 fully saturated rings. The number of halogens is 1. The van der Waals surface area contributed by atoms with Crippen molar-refractivity contribution in [2.75, 3.05) is 11.9 Å². The predicted molar refractivity (Wildman–Crippen MR) is 88.8 cm³/mol. The van der Waals surface area contributed by atoms with Crippen molar-refractivity contribution in [2.24, 2.45) is 5.10 Å². The molecule has 0 heterocycles. The lowest BCUT2D eigenvalue weighted by atomic mass is 10.2. The summed E-state index contributed by atoms with van der Waals surface area (Å²) in [4.78, 5) is 11.7. The maximum absolute atomic E-state index is 11.7. The molecule has 2 aromatic rings. The zero-order valence-electron chi connectivity index (χ0n) is 12.0. The zero-order valence-corrected chi connectivity index (χ0v) is 12.8. The summed E-state index contributed by atoms with van der Waals surface area (Å²) in [6, 6.07) is 13.9. The normalized spacial score (nSPS) is 10.5. The summed E-state index contributed by atoms with van der Waals surface area (Å²) >= 11 is 5.98. The molecule has 0 radical (unpaired) electrons. The van der Waals surface area contributed by atoms with Gasteiger partial charge in [-0.15, -0.1) is 0 Å². The maximum atomic E-state index is 11.7. The monoisotopic (exact) mass is 317 g/mol. The van der Waals surface area contributed by atoms with E-state index in [1.807, 2.05) is 19.1 Å². The Balaban J connectivity index is 1.86. The largest absolute Gasteiger partial charge is 0.494 e. The molecule has 114 valence electrons. The molecule has 0 atom stereocenters. The van der Waals surface area contributed by atoms with Crippen molar-refractivity contribution in [3.63, 3.8) is 0 Å². The van der Waals surface area contributed by atoms with Crippen LogP contribution in [0.5, 0.6) is 5.75 Å². The van der Waals surface area contributed by atoms with Crippen LogP contribution in [-0.2, 0) is 0 Å². The fourth-order valence-corrected chi connectivity index (χ4v) is 1.88. The van der Waals surface area contributed by atoms with E-state index < -0.39 is 6.03 Å². The van der Waals surface area contributed by atoms with Gasteiger partial charge in [-0.1, -0.05) is 29.8 Å². The van der Waals surface area contributed by atoms with E-state index in [0.29, 0.717) is 17.3 Å². The second-order valence-electron chi connectivity index (χ2n) is 4.30. The van der Waals surface area contributed by atoms with Crippen molar-refractivity contribution < 1.29 is 9.53 Å². The summed E-state index contributed by atoms with van der Waals surface area (Å²) in [7, 11) is 0. The van der Waals surface area contributed by atoms with Crippen molar-refractivity contribution in [3.05, 3.63) is 59.1 Å². The Morgan fingerprint density at radius 3 is 2.64 bits per heavy atom. The molecule has 0 spiro atoms. The van der Waals surface area contributed by atoms with Gasteiger partial charge in [0.1, 0.15) is 5.75 Å². The average Bonchev–Trinajstić information content (AvgIpc) is 2.51. The van der Waals surface area contributed by atoms with Gasteiger partial charge >= 0.3 is 6.03 Å². The van der Waals surface area contributed by atoms with Gasteiger partial charge in [-0.25, -0.2) is 10.2 Å². The first-order valence-corrected chi connectivity index (χ1v) is 7.14. The zero-order chi connectivity index (χ0) is 15.8. The number of amides is 2. The molecular weight excluding hydrogens is 302 g/mol. The van der Waals surface area contributed by atoms with Crippen LogP contribution in [0.15, 0.2) is 53.6 Å². The lowest BCUT2D eigenvalue weighted by molar-refractivity contribution is 0.252. The highest BCUT2D eigenvalue weighted by Crippen LogP contribution is 2.15. The van der Waals surface area contributed by atoms with E-state index >= 15 is 0 Å². The van der Waals surface area contributed by atoms with Crippen LogP contribution in [0.25, 0.3) is 0 Å². The van der Waals surface area contributed by atoms with Crippen molar-refractivity contribution >= 4 is 29.5 Å². The van der Waals surface area contributed by atoms with Crippen LogP contribution in [0, 0.1) is 0 Å². The van der Waals surface area contributed by atoms with E-state index in [9.17, 15) is 4.79 Å². The van der Waals surface area contributed by atoms with Crippen LogP contribution in [0.3, 0.4) is 0 Å². The van der Waals surface area contributed by atoms with E-state index in [-0.39, 0.29) is 0 Å². The Morgan fingerprint density at radius 1 is 1.23 bits per heavy atom. The molecule has 2 N–H and O–H groups in total. The van der Waals surface area contributed by atoms with Gasteiger partial charge in [-0.3, -0.25) is 0 Å². The Hall–Kier alpha value is -2.53. The van der Waals surface area contributed by atoms with Crippen LogP contribution in [-0.4, -0.2) is 18.9 Å². The molecule has 22 heavy (non-hydrogen) atoms. The number of anilines is 1. The third-order valence-electron chi connectivity index (χ3n) is 2.70. The molecule has 0 unspecified atom stereocenters. The second kappa shape index (κ2) is 8.05. The second-order valence-corrected chi connectivity index (χ2v) is 4.71. The molecule has 0 aromatic heterocycles. The summed E-state index contributed by atoms with van der Waals surface area (Å²) < 4.78 is 5.33. The van der Waals surface area contributed by atoms with Gasteiger partial charge in [0.05, 0.1) is 12.8 Å². The number of hydrazone groups is 1. The van der Waals surface area contributed by atoms with Crippen LogP contribution in [0.4, 0.5) is 10.5 Å². The van der Waals surface area contributed by atoms with Crippen molar-refractivity contribution in [2.45, 2.75) is 6.92 Å². The molecule has 0 aliphatic carbocycles. The van der Waals surface area contributed by atoms with E-state index in [1.54, 1.807) is 36.4 Å². The molecule has 0 saturated heterocycles. The molecule has 2 aromatic carbocycles. The van der Waals surface area contributed by atoms with Gasteiger partial charge in [0.25, 0.3) is 0 Å². The lowest BCUT2D eigenvalue weighted by Gasteiger charge is -2.06. The van der Waals surface area contributed by atoms with Gasteiger partial charge in [0, 0.05) is 16.3 Å². The summed E-state index contributed by atoms with van der Waals surface area (Å²) in [5.74, 6) is 0.755. The number of carbonyl (C=O) groups excluding carboxylic acids is 1. The Bertz CT molecular complexity index is 657. The number of nitrogens with one attached hydrogen (secondary N) is 2. The van der Waals surface area contributed by atoms with Crippen LogP contribution >= 0.6 is 11.6 Å². The topological polar surface area (TPSA) is 62.7 Å². The van der Waals surface area contributed by atoms with Gasteiger partial charge in [-0.05, 0) is 37.3 Å². The molecule has 6 heteroatoms. The number of rotatable bonds is 5. The first kappa shape index (κ1) is 15.9. The summed E-state index contributed by atoms with van der Waals surface area (Å²) in [6.07, 6.45) is 1.49. The molecule has 0 saturated carbocycles. The minimum absolute atomic E-state index is 0.438.